The number of rotatable bonds is 5. The van der Waals surface area contributed by atoms with E-state index in [1.165, 1.54) is 12.7 Å². The van der Waals surface area contributed by atoms with Crippen LogP contribution in [0, 0.1) is 0 Å². The fourth-order valence-electron chi connectivity index (χ4n) is 1.80. The Morgan fingerprint density at radius 3 is 2.58 bits per heavy atom. The van der Waals surface area contributed by atoms with Gasteiger partial charge < -0.3 is 10.7 Å². The van der Waals surface area contributed by atoms with Crippen LogP contribution in [0.4, 0.5) is 11.6 Å². The Bertz CT molecular complexity index is 527. The van der Waals surface area contributed by atoms with Gasteiger partial charge >= 0.3 is 0 Å². The molecule has 2 heterocycles. The zero-order valence-electron chi connectivity index (χ0n) is 11.0. The van der Waals surface area contributed by atoms with Crippen LogP contribution in [-0.4, -0.2) is 19.9 Å². The number of hydrogen-bond donors (Lipinski definition) is 3. The molecule has 0 saturated carbocycles. The molecule has 0 radical (unpaired) electrons. The largest absolute Gasteiger partial charge is 0.364 e. The summed E-state index contributed by atoms with van der Waals surface area (Å²) < 4.78 is 0. The van der Waals surface area contributed by atoms with Crippen LogP contribution in [0.5, 0.6) is 0 Å². The molecule has 0 unspecified atom stereocenters. The molecule has 2 aromatic rings. The van der Waals surface area contributed by atoms with Crippen molar-refractivity contribution in [3.63, 3.8) is 0 Å². The van der Waals surface area contributed by atoms with Crippen LogP contribution in [0.15, 0.2) is 24.9 Å². The van der Waals surface area contributed by atoms with Gasteiger partial charge in [-0.2, -0.15) is 0 Å². The van der Waals surface area contributed by atoms with Crippen molar-refractivity contribution in [2.45, 2.75) is 26.3 Å². The summed E-state index contributed by atoms with van der Waals surface area (Å²) in [5, 5.41) is 3.25. The number of aromatic nitrogens is 4. The summed E-state index contributed by atoms with van der Waals surface area (Å²) in [5.74, 6) is 7.12. The van der Waals surface area contributed by atoms with Crippen LogP contribution in [0.25, 0.3) is 0 Å². The Balaban J connectivity index is 2.20. The quantitative estimate of drug-likeness (QED) is 0.549. The number of hydrogen-bond acceptors (Lipinski definition) is 7. The molecule has 0 aliphatic rings. The van der Waals surface area contributed by atoms with E-state index in [0.29, 0.717) is 12.4 Å². The zero-order valence-corrected chi connectivity index (χ0v) is 11.0. The molecule has 0 bridgehead atoms. The predicted octanol–water partition coefficient (Wildman–Crippen LogP) is 1.29. The van der Waals surface area contributed by atoms with E-state index in [-0.39, 0.29) is 5.92 Å². The van der Waals surface area contributed by atoms with Crippen molar-refractivity contribution in [1.29, 1.82) is 0 Å². The first-order valence-corrected chi connectivity index (χ1v) is 6.02. The summed E-state index contributed by atoms with van der Waals surface area (Å²) >= 11 is 0. The lowest BCUT2D eigenvalue weighted by Crippen LogP contribution is -2.15. The monoisotopic (exact) mass is 259 g/mol. The average molecular weight is 259 g/mol. The lowest BCUT2D eigenvalue weighted by atomic mass is 10.0. The predicted molar refractivity (Wildman–Crippen MR) is 73.3 cm³/mol. The van der Waals surface area contributed by atoms with Crippen molar-refractivity contribution in [3.8, 4) is 0 Å². The summed E-state index contributed by atoms with van der Waals surface area (Å²) in [6.45, 7) is 4.70. The normalized spacial score (nSPS) is 10.5. The second kappa shape index (κ2) is 6.05. The van der Waals surface area contributed by atoms with Gasteiger partial charge in [-0.05, 0) is 12.0 Å². The second-order valence-corrected chi connectivity index (χ2v) is 4.34. The summed E-state index contributed by atoms with van der Waals surface area (Å²) in [6.07, 6.45) is 4.71. The molecule has 0 aliphatic heterocycles. The first-order valence-electron chi connectivity index (χ1n) is 6.02. The van der Waals surface area contributed by atoms with Crippen molar-refractivity contribution in [2.75, 3.05) is 10.7 Å². The minimum atomic E-state index is 0.250. The van der Waals surface area contributed by atoms with E-state index in [1.807, 2.05) is 6.07 Å². The van der Waals surface area contributed by atoms with Gasteiger partial charge in [0.25, 0.3) is 0 Å². The first kappa shape index (κ1) is 13.2. The molecule has 0 amide bonds. The van der Waals surface area contributed by atoms with E-state index in [0.717, 1.165) is 17.1 Å². The molecule has 0 saturated heterocycles. The maximum atomic E-state index is 5.48. The van der Waals surface area contributed by atoms with E-state index in [1.54, 1.807) is 6.20 Å². The van der Waals surface area contributed by atoms with Crippen LogP contribution in [0.1, 0.15) is 31.0 Å². The van der Waals surface area contributed by atoms with Gasteiger partial charge in [0.2, 0.25) is 0 Å². The SMILES string of the molecule is CC(C)c1c(NN)ncnc1NCc1ccncn1. The van der Waals surface area contributed by atoms with Gasteiger partial charge in [-0.3, -0.25) is 0 Å². The standard InChI is InChI=1S/C12H17N7/c1-8(2)10-11(17-7-18-12(10)19-13)15-5-9-3-4-14-6-16-9/h3-4,6-8H,5,13H2,1-2H3,(H2,15,17,18,19). The lowest BCUT2D eigenvalue weighted by Gasteiger charge is -2.16. The van der Waals surface area contributed by atoms with Gasteiger partial charge in [0, 0.05) is 11.8 Å². The highest BCUT2D eigenvalue weighted by molar-refractivity contribution is 5.58. The molecule has 7 heteroatoms. The Kier molecular flexibility index (Phi) is 4.19. The number of nitrogen functional groups attached to an aromatic ring is 1. The minimum absolute atomic E-state index is 0.250. The van der Waals surface area contributed by atoms with Gasteiger partial charge in [-0.15, -0.1) is 0 Å². The lowest BCUT2D eigenvalue weighted by molar-refractivity contribution is 0.843. The van der Waals surface area contributed by atoms with E-state index in [2.05, 4.69) is 44.5 Å². The van der Waals surface area contributed by atoms with Crippen LogP contribution < -0.4 is 16.6 Å². The third kappa shape index (κ3) is 3.14. The summed E-state index contributed by atoms with van der Waals surface area (Å²) in [7, 11) is 0. The molecule has 0 atom stereocenters. The zero-order chi connectivity index (χ0) is 13.7. The molecule has 0 aliphatic carbocycles. The smallest absolute Gasteiger partial charge is 0.148 e. The number of nitrogens with one attached hydrogen (secondary N) is 2. The highest BCUT2D eigenvalue weighted by Crippen LogP contribution is 2.27. The van der Waals surface area contributed by atoms with Crippen molar-refractivity contribution < 1.29 is 0 Å². The van der Waals surface area contributed by atoms with Crippen LogP contribution in [0.2, 0.25) is 0 Å². The third-order valence-electron chi connectivity index (χ3n) is 2.68. The van der Waals surface area contributed by atoms with Crippen molar-refractivity contribution in [2.24, 2.45) is 5.84 Å². The molecule has 0 fully saturated rings. The minimum Gasteiger partial charge on any atom is -0.364 e. The summed E-state index contributed by atoms with van der Waals surface area (Å²) in [6, 6.07) is 1.85. The fraction of sp³-hybridized carbons (Fsp3) is 0.333. The summed E-state index contributed by atoms with van der Waals surface area (Å²) in [5.41, 5.74) is 4.45. The molecular weight excluding hydrogens is 242 g/mol. The van der Waals surface area contributed by atoms with E-state index in [9.17, 15) is 0 Å². The first-order chi connectivity index (χ1) is 9.22. The molecule has 7 nitrogen and oxygen atoms in total. The molecule has 2 rings (SSSR count). The Morgan fingerprint density at radius 1 is 1.16 bits per heavy atom. The van der Waals surface area contributed by atoms with Crippen LogP contribution >= 0.6 is 0 Å². The van der Waals surface area contributed by atoms with Gasteiger partial charge in [-0.25, -0.2) is 25.8 Å². The molecule has 0 spiro atoms. The van der Waals surface area contributed by atoms with Gasteiger partial charge in [0.05, 0.1) is 12.2 Å². The maximum Gasteiger partial charge on any atom is 0.148 e. The number of anilines is 2. The van der Waals surface area contributed by atoms with Crippen molar-refractivity contribution >= 4 is 11.6 Å². The van der Waals surface area contributed by atoms with Gasteiger partial charge in [0.15, 0.2) is 0 Å². The van der Waals surface area contributed by atoms with E-state index >= 15 is 0 Å². The highest BCUT2D eigenvalue weighted by atomic mass is 15.3. The van der Waals surface area contributed by atoms with E-state index in [4.69, 9.17) is 5.84 Å². The molecule has 0 aromatic carbocycles. The molecule has 2 aromatic heterocycles. The van der Waals surface area contributed by atoms with Gasteiger partial charge in [-0.1, -0.05) is 13.8 Å². The summed E-state index contributed by atoms with van der Waals surface area (Å²) in [4.78, 5) is 16.4. The third-order valence-corrected chi connectivity index (χ3v) is 2.68. The van der Waals surface area contributed by atoms with Crippen LogP contribution in [-0.2, 0) is 6.54 Å². The molecule has 19 heavy (non-hydrogen) atoms. The molecule has 100 valence electrons. The maximum absolute atomic E-state index is 5.48. The fourth-order valence-corrected chi connectivity index (χ4v) is 1.80. The van der Waals surface area contributed by atoms with Crippen molar-refractivity contribution in [1.82, 2.24) is 19.9 Å². The Hall–Kier alpha value is -2.28. The topological polar surface area (TPSA) is 102 Å². The second-order valence-electron chi connectivity index (χ2n) is 4.34. The van der Waals surface area contributed by atoms with Gasteiger partial charge in [0.1, 0.15) is 24.3 Å². The number of nitrogens with two attached hydrogens (primary N) is 1. The Labute approximate surface area is 111 Å². The molecule has 4 N–H and O–H groups in total. The highest BCUT2D eigenvalue weighted by Gasteiger charge is 2.14. The number of hydrazine groups is 1. The van der Waals surface area contributed by atoms with Crippen LogP contribution in [0.3, 0.4) is 0 Å². The molecular formula is C12H17N7. The average Bonchev–Trinajstić information content (AvgIpc) is 2.45. The number of nitrogens with zero attached hydrogens (tertiary/aromatic N) is 4. The van der Waals surface area contributed by atoms with E-state index < -0.39 is 0 Å². The van der Waals surface area contributed by atoms with Crippen molar-refractivity contribution in [3.05, 3.63) is 36.2 Å². The Morgan fingerprint density at radius 2 is 1.95 bits per heavy atom.